The van der Waals surface area contributed by atoms with E-state index in [9.17, 15) is 13.8 Å². The number of benzene rings is 1. The van der Waals surface area contributed by atoms with Gasteiger partial charge in [0.15, 0.2) is 0 Å². The number of aromatic nitrogens is 1. The van der Waals surface area contributed by atoms with Crippen molar-refractivity contribution < 1.29 is 9.00 Å². The van der Waals surface area contributed by atoms with Crippen LogP contribution in [0.15, 0.2) is 46.2 Å². The monoisotopic (exact) mass is 302 g/mol. The number of hydrogen-bond acceptors (Lipinski definition) is 3. The third-order valence-electron chi connectivity index (χ3n) is 3.50. The molecule has 1 atom stereocenters. The lowest BCUT2D eigenvalue weighted by Crippen LogP contribution is -2.20. The minimum atomic E-state index is -1.07. The van der Waals surface area contributed by atoms with Crippen LogP contribution in [0.25, 0.3) is 0 Å². The minimum absolute atomic E-state index is 0.246. The van der Waals surface area contributed by atoms with Gasteiger partial charge in [0.25, 0.3) is 11.5 Å². The molecule has 0 saturated carbocycles. The first kappa shape index (κ1) is 13.8. The summed E-state index contributed by atoms with van der Waals surface area (Å²) in [4.78, 5) is 24.5. The first-order valence-corrected chi connectivity index (χ1v) is 7.86. The summed E-state index contributed by atoms with van der Waals surface area (Å²) in [6, 6.07) is 8.36. The van der Waals surface area contributed by atoms with E-state index in [0.717, 1.165) is 12.0 Å². The zero-order valence-corrected chi connectivity index (χ0v) is 12.3. The number of carbonyl (C=O) groups excluding carboxylic acids is 1. The van der Waals surface area contributed by atoms with E-state index < -0.39 is 10.8 Å². The van der Waals surface area contributed by atoms with Crippen molar-refractivity contribution in [3.8, 4) is 0 Å². The van der Waals surface area contributed by atoms with Crippen molar-refractivity contribution in [2.24, 2.45) is 7.05 Å². The summed E-state index contributed by atoms with van der Waals surface area (Å²) in [6.07, 6.45) is 2.31. The van der Waals surface area contributed by atoms with Crippen molar-refractivity contribution in [1.82, 2.24) is 4.57 Å². The van der Waals surface area contributed by atoms with Gasteiger partial charge < -0.3 is 9.88 Å². The lowest BCUT2D eigenvalue weighted by molar-refractivity contribution is 0.102. The molecule has 21 heavy (non-hydrogen) atoms. The van der Waals surface area contributed by atoms with Gasteiger partial charge in [-0.1, -0.05) is 12.1 Å². The molecule has 0 bridgehead atoms. The maximum atomic E-state index is 12.2. The molecule has 1 N–H and O–H groups in total. The number of pyridine rings is 1. The first-order valence-electron chi connectivity index (χ1n) is 6.54. The second-order valence-electron chi connectivity index (χ2n) is 4.91. The second-order valence-corrected chi connectivity index (χ2v) is 6.42. The molecule has 6 heteroatoms. The van der Waals surface area contributed by atoms with Gasteiger partial charge in [-0.25, -0.2) is 0 Å². The summed E-state index contributed by atoms with van der Waals surface area (Å²) in [6.45, 7) is 0. The molecule has 3 rings (SSSR count). The Morgan fingerprint density at radius 2 is 2.14 bits per heavy atom. The minimum Gasteiger partial charge on any atom is -0.321 e. The van der Waals surface area contributed by atoms with E-state index in [1.807, 2.05) is 12.1 Å². The predicted molar refractivity (Wildman–Crippen MR) is 81.1 cm³/mol. The summed E-state index contributed by atoms with van der Waals surface area (Å²) in [7, 11) is 0.551. The van der Waals surface area contributed by atoms with Gasteiger partial charge in [0.05, 0.1) is 21.4 Å². The average molecular weight is 302 g/mol. The van der Waals surface area contributed by atoms with Crippen LogP contribution in [0.5, 0.6) is 0 Å². The maximum Gasteiger partial charge on any atom is 0.255 e. The van der Waals surface area contributed by atoms with Crippen molar-refractivity contribution >= 4 is 22.4 Å². The van der Waals surface area contributed by atoms with E-state index in [-0.39, 0.29) is 11.5 Å². The summed E-state index contributed by atoms with van der Waals surface area (Å²) >= 11 is 0. The Labute approximate surface area is 124 Å². The molecule has 1 aromatic carbocycles. The molecule has 1 aliphatic heterocycles. The fourth-order valence-electron chi connectivity index (χ4n) is 2.34. The maximum absolute atomic E-state index is 12.2. The van der Waals surface area contributed by atoms with Crippen LogP contribution in [0.4, 0.5) is 5.69 Å². The Kier molecular flexibility index (Phi) is 3.47. The molecule has 0 fully saturated rings. The molecule has 0 spiro atoms. The lowest BCUT2D eigenvalue weighted by atomic mass is 10.1. The van der Waals surface area contributed by atoms with Crippen LogP contribution in [0.1, 0.15) is 15.9 Å². The molecule has 1 unspecified atom stereocenters. The van der Waals surface area contributed by atoms with Gasteiger partial charge in [0.1, 0.15) is 0 Å². The average Bonchev–Trinajstić information content (AvgIpc) is 2.84. The molecule has 1 aliphatic rings. The van der Waals surface area contributed by atoms with E-state index in [1.54, 1.807) is 25.4 Å². The standard InChI is InChI=1S/C15H14N2O3S/c1-17-7-5-11(9-13(17)18)15(19)16-12-4-2-3-10-6-8-21(20)14(10)12/h2-5,7,9H,6,8H2,1H3,(H,16,19). The number of anilines is 1. The van der Waals surface area contributed by atoms with Crippen molar-refractivity contribution in [1.29, 1.82) is 0 Å². The Morgan fingerprint density at radius 1 is 1.33 bits per heavy atom. The highest BCUT2D eigenvalue weighted by Gasteiger charge is 2.22. The summed E-state index contributed by atoms with van der Waals surface area (Å²) in [5.74, 6) is 0.221. The van der Waals surface area contributed by atoms with Gasteiger partial charge in [-0.15, -0.1) is 0 Å². The largest absolute Gasteiger partial charge is 0.321 e. The first-order chi connectivity index (χ1) is 10.1. The number of hydrogen-bond donors (Lipinski definition) is 1. The molecule has 2 aromatic rings. The molecule has 2 heterocycles. The van der Waals surface area contributed by atoms with Crippen LogP contribution in [0.3, 0.4) is 0 Å². The molecule has 0 aliphatic carbocycles. The smallest absolute Gasteiger partial charge is 0.255 e. The van der Waals surface area contributed by atoms with Gasteiger partial charge in [0, 0.05) is 30.6 Å². The van der Waals surface area contributed by atoms with E-state index in [0.29, 0.717) is 21.9 Å². The summed E-state index contributed by atoms with van der Waals surface area (Å²) in [5, 5.41) is 2.76. The number of amides is 1. The number of aryl methyl sites for hydroxylation is 2. The topological polar surface area (TPSA) is 68.2 Å². The van der Waals surface area contributed by atoms with Gasteiger partial charge >= 0.3 is 0 Å². The number of nitrogens with one attached hydrogen (secondary N) is 1. The van der Waals surface area contributed by atoms with Crippen molar-refractivity contribution in [2.45, 2.75) is 11.3 Å². The highest BCUT2D eigenvalue weighted by atomic mass is 32.2. The fourth-order valence-corrected chi connectivity index (χ4v) is 3.77. The molecule has 5 nitrogen and oxygen atoms in total. The van der Waals surface area contributed by atoms with Crippen LogP contribution in [0.2, 0.25) is 0 Å². The molecular weight excluding hydrogens is 288 g/mol. The van der Waals surface area contributed by atoms with Crippen molar-refractivity contribution in [2.75, 3.05) is 11.1 Å². The number of rotatable bonds is 2. The normalized spacial score (nSPS) is 16.5. The molecule has 1 amide bonds. The van der Waals surface area contributed by atoms with Gasteiger partial charge in [-0.05, 0) is 24.1 Å². The quantitative estimate of drug-likeness (QED) is 0.909. The van der Waals surface area contributed by atoms with Crippen molar-refractivity contribution in [3.05, 3.63) is 58.0 Å². The van der Waals surface area contributed by atoms with E-state index >= 15 is 0 Å². The predicted octanol–water partition coefficient (Wildman–Crippen LogP) is 1.30. The van der Waals surface area contributed by atoms with Crippen LogP contribution in [-0.4, -0.2) is 20.4 Å². The SMILES string of the molecule is Cn1ccc(C(=O)Nc2cccc3c2S(=O)CC3)cc1=O. The highest BCUT2D eigenvalue weighted by molar-refractivity contribution is 7.85. The lowest BCUT2D eigenvalue weighted by Gasteiger charge is -2.09. The molecular formula is C15H14N2O3S. The third kappa shape index (κ3) is 2.54. The zero-order valence-electron chi connectivity index (χ0n) is 11.5. The second kappa shape index (κ2) is 5.29. The molecule has 0 radical (unpaired) electrons. The van der Waals surface area contributed by atoms with E-state index in [2.05, 4.69) is 5.32 Å². The Hall–Kier alpha value is -2.21. The Morgan fingerprint density at radius 3 is 2.90 bits per heavy atom. The zero-order chi connectivity index (χ0) is 15.0. The molecule has 1 aromatic heterocycles. The number of nitrogens with zero attached hydrogens (tertiary/aromatic N) is 1. The van der Waals surface area contributed by atoms with Crippen LogP contribution in [0, 0.1) is 0 Å². The van der Waals surface area contributed by atoms with Crippen LogP contribution < -0.4 is 10.9 Å². The van der Waals surface area contributed by atoms with Gasteiger partial charge in [-0.3, -0.25) is 13.8 Å². The fraction of sp³-hybridized carbons (Fsp3) is 0.200. The Bertz CT molecular complexity index is 811. The van der Waals surface area contributed by atoms with E-state index in [1.165, 1.54) is 10.6 Å². The molecule has 0 saturated heterocycles. The number of fused-ring (bicyclic) bond motifs is 1. The van der Waals surface area contributed by atoms with Gasteiger partial charge in [0.2, 0.25) is 0 Å². The highest BCUT2D eigenvalue weighted by Crippen LogP contribution is 2.30. The van der Waals surface area contributed by atoms with Gasteiger partial charge in [-0.2, -0.15) is 0 Å². The van der Waals surface area contributed by atoms with Crippen LogP contribution in [-0.2, 0) is 24.3 Å². The van der Waals surface area contributed by atoms with Crippen molar-refractivity contribution in [3.63, 3.8) is 0 Å². The van der Waals surface area contributed by atoms with Crippen LogP contribution >= 0.6 is 0 Å². The van der Waals surface area contributed by atoms with E-state index in [4.69, 9.17) is 0 Å². The molecule has 108 valence electrons. The number of carbonyl (C=O) groups is 1. The third-order valence-corrected chi connectivity index (χ3v) is 5.01. The summed E-state index contributed by atoms with van der Waals surface area (Å²) in [5.41, 5.74) is 1.62. The Balaban J connectivity index is 1.92. The summed E-state index contributed by atoms with van der Waals surface area (Å²) < 4.78 is 13.4.